The van der Waals surface area contributed by atoms with Crippen molar-refractivity contribution in [3.63, 3.8) is 0 Å². The van der Waals surface area contributed by atoms with Crippen LogP contribution in [0.4, 0.5) is 4.39 Å². The van der Waals surface area contributed by atoms with Crippen LogP contribution in [0, 0.1) is 5.82 Å². The number of hydrogen-bond donors (Lipinski definition) is 2. The summed E-state index contributed by atoms with van der Waals surface area (Å²) in [6.07, 6.45) is 1.15. The van der Waals surface area contributed by atoms with Crippen LogP contribution in [0.25, 0.3) is 0 Å². The van der Waals surface area contributed by atoms with Crippen LogP contribution in [0.5, 0.6) is 0 Å². The molecule has 0 unspecified atom stereocenters. The number of hydrogen-bond acceptors (Lipinski definition) is 2. The molecule has 84 valence electrons. The van der Waals surface area contributed by atoms with Crippen molar-refractivity contribution >= 4 is 0 Å². The van der Waals surface area contributed by atoms with Gasteiger partial charge in [-0.2, -0.15) is 0 Å². The molecule has 1 rings (SSSR count). The highest BCUT2D eigenvalue weighted by atomic mass is 19.1. The zero-order chi connectivity index (χ0) is 10.9. The maximum atomic E-state index is 13.2. The molecule has 0 spiro atoms. The van der Waals surface area contributed by atoms with Gasteiger partial charge in [-0.25, -0.2) is 4.39 Å². The average molecular weight is 210 g/mol. The second kappa shape index (κ2) is 7.37. The molecule has 2 N–H and O–H groups in total. The van der Waals surface area contributed by atoms with Crippen molar-refractivity contribution in [3.8, 4) is 0 Å². The van der Waals surface area contributed by atoms with E-state index in [1.807, 2.05) is 12.1 Å². The van der Waals surface area contributed by atoms with E-state index >= 15 is 0 Å². The molecule has 0 aliphatic rings. The van der Waals surface area contributed by atoms with Gasteiger partial charge >= 0.3 is 0 Å². The predicted octanol–water partition coefficient (Wildman–Crippen LogP) is 1.91. The third kappa shape index (κ3) is 4.91. The lowest BCUT2D eigenvalue weighted by Gasteiger charge is -2.06. The highest BCUT2D eigenvalue weighted by Crippen LogP contribution is 2.04. The number of rotatable bonds is 7. The summed E-state index contributed by atoms with van der Waals surface area (Å²) in [4.78, 5) is 0. The third-order valence-electron chi connectivity index (χ3n) is 2.18. The van der Waals surface area contributed by atoms with E-state index in [-0.39, 0.29) is 5.82 Å². The third-order valence-corrected chi connectivity index (χ3v) is 2.18. The van der Waals surface area contributed by atoms with Crippen molar-refractivity contribution in [3.05, 3.63) is 35.6 Å². The van der Waals surface area contributed by atoms with E-state index in [1.54, 1.807) is 6.07 Å². The van der Waals surface area contributed by atoms with Gasteiger partial charge in [-0.15, -0.1) is 0 Å². The zero-order valence-electron chi connectivity index (χ0n) is 9.22. The first-order valence-corrected chi connectivity index (χ1v) is 5.49. The molecular formula is C12H19FN2. The normalized spacial score (nSPS) is 10.5. The fraction of sp³-hybridized carbons (Fsp3) is 0.500. The Labute approximate surface area is 90.9 Å². The minimum atomic E-state index is -0.133. The van der Waals surface area contributed by atoms with Gasteiger partial charge in [0.1, 0.15) is 5.82 Å². The van der Waals surface area contributed by atoms with E-state index in [2.05, 4.69) is 17.6 Å². The Balaban J connectivity index is 2.12. The zero-order valence-corrected chi connectivity index (χ0v) is 9.22. The predicted molar refractivity (Wildman–Crippen MR) is 61.3 cm³/mol. The molecule has 0 amide bonds. The Bertz CT molecular complexity index is 276. The van der Waals surface area contributed by atoms with Crippen LogP contribution in [0.2, 0.25) is 0 Å². The van der Waals surface area contributed by atoms with Gasteiger partial charge in [-0.1, -0.05) is 25.1 Å². The lowest BCUT2D eigenvalue weighted by atomic mass is 10.2. The molecule has 1 aromatic rings. The summed E-state index contributed by atoms with van der Waals surface area (Å²) in [5.74, 6) is -0.133. The summed E-state index contributed by atoms with van der Waals surface area (Å²) in [5, 5.41) is 6.48. The summed E-state index contributed by atoms with van der Waals surface area (Å²) in [6, 6.07) is 6.87. The van der Waals surface area contributed by atoms with Crippen LogP contribution in [0.3, 0.4) is 0 Å². The molecule has 2 nitrogen and oxygen atoms in total. The fourth-order valence-corrected chi connectivity index (χ4v) is 1.34. The molecule has 0 saturated carbocycles. The summed E-state index contributed by atoms with van der Waals surface area (Å²) in [6.45, 7) is 5.58. The van der Waals surface area contributed by atoms with Crippen molar-refractivity contribution < 1.29 is 4.39 Å². The van der Waals surface area contributed by atoms with Gasteiger partial charge in [0.15, 0.2) is 0 Å². The molecule has 15 heavy (non-hydrogen) atoms. The lowest BCUT2D eigenvalue weighted by molar-refractivity contribution is 0.572. The van der Waals surface area contributed by atoms with Crippen LogP contribution in [-0.2, 0) is 6.54 Å². The summed E-state index contributed by atoms with van der Waals surface area (Å²) in [5.41, 5.74) is 0.730. The minimum absolute atomic E-state index is 0.133. The van der Waals surface area contributed by atoms with Crippen molar-refractivity contribution in [2.24, 2.45) is 0 Å². The molecule has 0 heterocycles. The van der Waals surface area contributed by atoms with E-state index in [0.29, 0.717) is 6.54 Å². The van der Waals surface area contributed by atoms with E-state index in [0.717, 1.165) is 31.6 Å². The molecule has 1 aromatic carbocycles. The number of benzene rings is 1. The molecule has 0 fully saturated rings. The van der Waals surface area contributed by atoms with E-state index in [4.69, 9.17) is 0 Å². The monoisotopic (exact) mass is 210 g/mol. The fourth-order valence-electron chi connectivity index (χ4n) is 1.34. The first-order chi connectivity index (χ1) is 7.34. The topological polar surface area (TPSA) is 24.1 Å². The van der Waals surface area contributed by atoms with E-state index in [1.165, 1.54) is 6.07 Å². The van der Waals surface area contributed by atoms with Crippen LogP contribution in [-0.4, -0.2) is 19.6 Å². The highest BCUT2D eigenvalue weighted by Gasteiger charge is 1.98. The summed E-state index contributed by atoms with van der Waals surface area (Å²) in [7, 11) is 0. The Morgan fingerprint density at radius 1 is 1.07 bits per heavy atom. The molecule has 0 radical (unpaired) electrons. The first-order valence-electron chi connectivity index (χ1n) is 5.49. The van der Waals surface area contributed by atoms with Gasteiger partial charge in [-0.3, -0.25) is 0 Å². The molecule has 0 aromatic heterocycles. The molecular weight excluding hydrogens is 191 g/mol. The van der Waals surface area contributed by atoms with Gasteiger partial charge in [0.25, 0.3) is 0 Å². The van der Waals surface area contributed by atoms with Crippen molar-refractivity contribution in [1.82, 2.24) is 10.6 Å². The maximum absolute atomic E-state index is 13.2. The Kier molecular flexibility index (Phi) is 5.97. The van der Waals surface area contributed by atoms with Crippen LogP contribution < -0.4 is 10.6 Å². The van der Waals surface area contributed by atoms with Crippen LogP contribution >= 0.6 is 0 Å². The second-order valence-electron chi connectivity index (χ2n) is 3.52. The molecule has 3 heteroatoms. The quantitative estimate of drug-likeness (QED) is 0.672. The standard InChI is InChI=1S/C12H19FN2/c1-2-7-14-8-9-15-10-11-5-3-4-6-12(11)13/h3-6,14-15H,2,7-10H2,1H3. The second-order valence-corrected chi connectivity index (χ2v) is 3.52. The van der Waals surface area contributed by atoms with Crippen molar-refractivity contribution in [2.75, 3.05) is 19.6 Å². The summed E-state index contributed by atoms with van der Waals surface area (Å²) >= 11 is 0. The molecule has 0 aliphatic carbocycles. The van der Waals surface area contributed by atoms with Gasteiger partial charge in [0.2, 0.25) is 0 Å². The largest absolute Gasteiger partial charge is 0.315 e. The molecule has 0 bridgehead atoms. The Morgan fingerprint density at radius 3 is 2.53 bits per heavy atom. The highest BCUT2D eigenvalue weighted by molar-refractivity contribution is 5.16. The minimum Gasteiger partial charge on any atom is -0.315 e. The molecule has 0 atom stereocenters. The van der Waals surface area contributed by atoms with Gasteiger partial charge in [0, 0.05) is 25.2 Å². The van der Waals surface area contributed by atoms with Gasteiger partial charge in [0.05, 0.1) is 0 Å². The first kappa shape index (κ1) is 12.1. The van der Waals surface area contributed by atoms with Crippen LogP contribution in [0.15, 0.2) is 24.3 Å². The smallest absolute Gasteiger partial charge is 0.127 e. The number of nitrogens with one attached hydrogen (secondary N) is 2. The number of halogens is 1. The SMILES string of the molecule is CCCNCCNCc1ccccc1F. The lowest BCUT2D eigenvalue weighted by Crippen LogP contribution is -2.27. The van der Waals surface area contributed by atoms with Crippen molar-refractivity contribution in [2.45, 2.75) is 19.9 Å². The Hall–Kier alpha value is -0.930. The average Bonchev–Trinajstić information content (AvgIpc) is 2.25. The maximum Gasteiger partial charge on any atom is 0.127 e. The molecule has 0 aliphatic heterocycles. The van der Waals surface area contributed by atoms with Crippen molar-refractivity contribution in [1.29, 1.82) is 0 Å². The summed E-state index contributed by atoms with van der Waals surface area (Å²) < 4.78 is 13.2. The molecule has 0 saturated heterocycles. The van der Waals surface area contributed by atoms with E-state index < -0.39 is 0 Å². The van der Waals surface area contributed by atoms with Gasteiger partial charge in [-0.05, 0) is 19.0 Å². The Morgan fingerprint density at radius 2 is 1.80 bits per heavy atom. The van der Waals surface area contributed by atoms with Crippen LogP contribution in [0.1, 0.15) is 18.9 Å². The van der Waals surface area contributed by atoms with E-state index in [9.17, 15) is 4.39 Å². The van der Waals surface area contributed by atoms with Gasteiger partial charge < -0.3 is 10.6 Å².